The fourth-order valence-corrected chi connectivity index (χ4v) is 4.75. The molecule has 2 aliphatic carbocycles. The molecule has 2 saturated carbocycles. The molecule has 5 atom stereocenters. The molecule has 0 radical (unpaired) electrons. The minimum atomic E-state index is -0.718. The van der Waals surface area contributed by atoms with E-state index in [1.54, 1.807) is 6.26 Å². The normalized spacial score (nSPS) is 40.4. The average molecular weight is 271 g/mol. The number of hydrogen-bond donors (Lipinski definition) is 1. The van der Waals surface area contributed by atoms with Crippen LogP contribution >= 0.6 is 0 Å². The van der Waals surface area contributed by atoms with Gasteiger partial charge in [-0.25, -0.2) is 0 Å². The predicted octanol–water partition coefficient (Wildman–Crippen LogP) is 1.69. The quantitative estimate of drug-likeness (QED) is 0.845. The van der Waals surface area contributed by atoms with E-state index in [2.05, 4.69) is 12.2 Å². The third kappa shape index (κ3) is 1.88. The van der Waals surface area contributed by atoms with Crippen molar-refractivity contribution in [3.63, 3.8) is 0 Å². The second-order valence-electron chi connectivity index (χ2n) is 6.38. The molecule has 4 heteroatoms. The van der Waals surface area contributed by atoms with Gasteiger partial charge >= 0.3 is 0 Å². The number of nitrogens with one attached hydrogen (secondary N) is 1. The van der Waals surface area contributed by atoms with E-state index in [-0.39, 0.29) is 5.25 Å². The second-order valence-corrected chi connectivity index (χ2v) is 8.18. The Morgan fingerprint density at radius 2 is 2.17 bits per heavy atom. The lowest BCUT2D eigenvalue weighted by atomic mass is 9.54. The molecule has 1 heterocycles. The van der Waals surface area contributed by atoms with Gasteiger partial charge in [-0.1, -0.05) is 12.8 Å². The van der Waals surface area contributed by atoms with Gasteiger partial charge in [0.2, 0.25) is 0 Å². The van der Waals surface area contributed by atoms with Crippen molar-refractivity contribution in [2.24, 2.45) is 11.3 Å². The summed E-state index contributed by atoms with van der Waals surface area (Å²) in [5.74, 6) is 0.723. The molecule has 0 aromatic rings. The minimum absolute atomic E-state index is 0.254. The van der Waals surface area contributed by atoms with Crippen LogP contribution in [0.5, 0.6) is 0 Å². The maximum Gasteiger partial charge on any atom is 0.0690 e. The topological polar surface area (TPSA) is 38.3 Å². The van der Waals surface area contributed by atoms with E-state index in [1.807, 2.05) is 0 Å². The van der Waals surface area contributed by atoms with Crippen molar-refractivity contribution in [2.75, 3.05) is 19.4 Å². The monoisotopic (exact) mass is 271 g/mol. The molecule has 3 aliphatic rings. The van der Waals surface area contributed by atoms with Crippen molar-refractivity contribution in [3.05, 3.63) is 0 Å². The van der Waals surface area contributed by atoms with Crippen molar-refractivity contribution in [2.45, 2.75) is 56.4 Å². The third-order valence-corrected chi connectivity index (χ3v) is 6.78. The van der Waals surface area contributed by atoms with Crippen LogP contribution in [0.4, 0.5) is 0 Å². The second kappa shape index (κ2) is 4.88. The number of ether oxygens (including phenoxy) is 1. The molecule has 3 nitrogen and oxygen atoms in total. The van der Waals surface area contributed by atoms with Crippen LogP contribution in [0.3, 0.4) is 0 Å². The fourth-order valence-electron chi connectivity index (χ4n) is 4.42. The third-order valence-electron chi connectivity index (χ3n) is 5.48. The van der Waals surface area contributed by atoms with E-state index in [1.165, 1.54) is 32.1 Å². The molecule has 3 rings (SSSR count). The van der Waals surface area contributed by atoms with Crippen LogP contribution in [0.1, 0.15) is 39.0 Å². The Bertz CT molecular complexity index is 341. The zero-order chi connectivity index (χ0) is 12.8. The first-order chi connectivity index (χ1) is 8.65. The van der Waals surface area contributed by atoms with Crippen molar-refractivity contribution < 1.29 is 8.95 Å². The van der Waals surface area contributed by atoms with Crippen molar-refractivity contribution >= 4 is 10.8 Å². The SMILES string of the molecule is C[C@H](CN[C@@H]1[C@@H]2CCO[C@@H]2C12CCCC2)[S@@](C)=O. The van der Waals surface area contributed by atoms with Crippen LogP contribution in [0.2, 0.25) is 0 Å². The lowest BCUT2D eigenvalue weighted by molar-refractivity contribution is -0.130. The predicted molar refractivity (Wildman–Crippen MR) is 74.1 cm³/mol. The smallest absolute Gasteiger partial charge is 0.0690 e. The fraction of sp³-hybridized carbons (Fsp3) is 1.00. The van der Waals surface area contributed by atoms with Crippen molar-refractivity contribution in [1.29, 1.82) is 0 Å². The van der Waals surface area contributed by atoms with Gasteiger partial charge in [-0.3, -0.25) is 4.21 Å². The average Bonchev–Trinajstić information content (AvgIpc) is 2.95. The van der Waals surface area contributed by atoms with Gasteiger partial charge in [0, 0.05) is 52.8 Å². The van der Waals surface area contributed by atoms with Gasteiger partial charge in [-0.15, -0.1) is 0 Å². The molecule has 0 amide bonds. The highest BCUT2D eigenvalue weighted by Crippen LogP contribution is 2.60. The Morgan fingerprint density at radius 1 is 1.44 bits per heavy atom. The van der Waals surface area contributed by atoms with Gasteiger partial charge in [0.25, 0.3) is 0 Å². The summed E-state index contributed by atoms with van der Waals surface area (Å²) >= 11 is 0. The summed E-state index contributed by atoms with van der Waals surface area (Å²) in [4.78, 5) is 0. The molecule has 0 bridgehead atoms. The van der Waals surface area contributed by atoms with Crippen LogP contribution in [-0.2, 0) is 15.5 Å². The van der Waals surface area contributed by atoms with Crippen LogP contribution in [-0.4, -0.2) is 41.0 Å². The first kappa shape index (κ1) is 13.1. The summed E-state index contributed by atoms with van der Waals surface area (Å²) in [7, 11) is -0.718. The highest BCUT2D eigenvalue weighted by molar-refractivity contribution is 7.84. The summed E-state index contributed by atoms with van der Waals surface area (Å²) in [6, 6.07) is 0.624. The van der Waals surface area contributed by atoms with Crippen LogP contribution < -0.4 is 5.32 Å². The number of hydrogen-bond acceptors (Lipinski definition) is 3. The van der Waals surface area contributed by atoms with E-state index in [4.69, 9.17) is 4.74 Å². The van der Waals surface area contributed by atoms with Gasteiger partial charge < -0.3 is 10.1 Å². The zero-order valence-electron chi connectivity index (χ0n) is 11.5. The summed E-state index contributed by atoms with van der Waals surface area (Å²) in [5, 5.41) is 3.99. The lowest BCUT2D eigenvalue weighted by Gasteiger charge is -2.57. The molecule has 18 heavy (non-hydrogen) atoms. The number of fused-ring (bicyclic) bond motifs is 2. The molecule has 0 aromatic heterocycles. The molecule has 104 valence electrons. The maximum absolute atomic E-state index is 11.4. The molecule has 0 aromatic carbocycles. The minimum Gasteiger partial charge on any atom is -0.377 e. The maximum atomic E-state index is 11.4. The van der Waals surface area contributed by atoms with Gasteiger partial charge in [-0.2, -0.15) is 0 Å². The Labute approximate surface area is 113 Å². The van der Waals surface area contributed by atoms with Gasteiger partial charge in [0.1, 0.15) is 0 Å². The van der Waals surface area contributed by atoms with Gasteiger partial charge in [0.05, 0.1) is 6.10 Å². The van der Waals surface area contributed by atoms with Gasteiger partial charge in [-0.05, 0) is 26.2 Å². The molecule has 3 fully saturated rings. The van der Waals surface area contributed by atoms with E-state index in [0.29, 0.717) is 17.6 Å². The van der Waals surface area contributed by atoms with Crippen LogP contribution in [0.15, 0.2) is 0 Å². The molecule has 1 N–H and O–H groups in total. The first-order valence-corrected chi connectivity index (χ1v) is 8.94. The molecular formula is C14H25NO2S. The van der Waals surface area contributed by atoms with Gasteiger partial charge in [0.15, 0.2) is 0 Å². The standard InChI is InChI=1S/C14H25NO2S/c1-10(18(2)16)9-15-12-11-5-8-17-13(11)14(12)6-3-4-7-14/h10-13,15H,3-9H2,1-2H3/t10-,11+,12-,13+,18-/m1/s1. The summed E-state index contributed by atoms with van der Waals surface area (Å²) in [5.41, 5.74) is 0.427. The van der Waals surface area contributed by atoms with E-state index < -0.39 is 10.8 Å². The Balaban J connectivity index is 1.65. The summed E-state index contributed by atoms with van der Waals surface area (Å²) < 4.78 is 17.4. The number of rotatable bonds is 4. The van der Waals surface area contributed by atoms with E-state index in [9.17, 15) is 4.21 Å². The zero-order valence-corrected chi connectivity index (χ0v) is 12.3. The van der Waals surface area contributed by atoms with E-state index in [0.717, 1.165) is 19.1 Å². The molecule has 0 unspecified atom stereocenters. The van der Waals surface area contributed by atoms with Crippen LogP contribution in [0.25, 0.3) is 0 Å². The highest BCUT2D eigenvalue weighted by atomic mass is 32.2. The highest BCUT2D eigenvalue weighted by Gasteiger charge is 2.64. The summed E-state index contributed by atoms with van der Waals surface area (Å²) in [6.07, 6.45) is 8.93. The lowest BCUT2D eigenvalue weighted by Crippen LogP contribution is -2.68. The molecular weight excluding hydrogens is 246 g/mol. The summed E-state index contributed by atoms with van der Waals surface area (Å²) in [6.45, 7) is 3.91. The largest absolute Gasteiger partial charge is 0.377 e. The van der Waals surface area contributed by atoms with E-state index >= 15 is 0 Å². The van der Waals surface area contributed by atoms with Crippen molar-refractivity contribution in [3.8, 4) is 0 Å². The molecule has 1 saturated heterocycles. The molecule has 1 aliphatic heterocycles. The van der Waals surface area contributed by atoms with Crippen LogP contribution in [0, 0.1) is 11.3 Å². The first-order valence-electron chi connectivity index (χ1n) is 7.32. The Hall–Kier alpha value is 0.0700. The molecule has 1 spiro atoms. The Morgan fingerprint density at radius 3 is 2.83 bits per heavy atom. The van der Waals surface area contributed by atoms with Crippen molar-refractivity contribution in [1.82, 2.24) is 5.32 Å². The Kier molecular flexibility index (Phi) is 3.54.